The minimum atomic E-state index is -3.71. The molecule has 0 unspecified atom stereocenters. The second kappa shape index (κ2) is 10.1. The van der Waals surface area contributed by atoms with Crippen LogP contribution in [0.15, 0.2) is 23.1 Å². The first-order valence-corrected chi connectivity index (χ1v) is 11.2. The molecule has 0 atom stereocenters. The van der Waals surface area contributed by atoms with Crippen molar-refractivity contribution in [1.82, 2.24) is 9.62 Å². The fourth-order valence-electron chi connectivity index (χ4n) is 3.26. The number of rotatable bonds is 8. The average molecular weight is 442 g/mol. The maximum atomic E-state index is 12.9. The molecule has 1 N–H and O–H groups in total. The number of methoxy groups -OCH3 is 1. The zero-order chi connectivity index (χ0) is 21.6. The summed E-state index contributed by atoms with van der Waals surface area (Å²) in [4.78, 5) is 23.9. The first-order valence-electron chi connectivity index (χ1n) is 9.74. The van der Waals surface area contributed by atoms with Crippen molar-refractivity contribution in [2.75, 3.05) is 53.2 Å². The Morgan fingerprint density at radius 1 is 1.17 bits per heavy atom. The molecule has 30 heavy (non-hydrogen) atoms. The quantitative estimate of drug-likeness (QED) is 0.447. The van der Waals surface area contributed by atoms with Gasteiger partial charge in [-0.25, -0.2) is 8.42 Å². The van der Waals surface area contributed by atoms with Gasteiger partial charge in [-0.2, -0.15) is 4.31 Å². The summed E-state index contributed by atoms with van der Waals surface area (Å²) in [6.07, 6.45) is 0.655. The summed E-state index contributed by atoms with van der Waals surface area (Å²) in [6.45, 7) is 1.52. The molecule has 166 valence electrons. The third kappa shape index (κ3) is 5.41. The van der Waals surface area contributed by atoms with Gasteiger partial charge in [-0.1, -0.05) is 0 Å². The lowest BCUT2D eigenvalue weighted by molar-refractivity contribution is -0.153. The van der Waals surface area contributed by atoms with Crippen molar-refractivity contribution in [2.45, 2.75) is 17.7 Å². The van der Waals surface area contributed by atoms with Crippen molar-refractivity contribution in [3.8, 4) is 11.5 Å². The van der Waals surface area contributed by atoms with Crippen LogP contribution in [-0.4, -0.2) is 77.8 Å². The standard InChI is InChI=1S/C19H26N2O8S/c1-26-9-6-20-18(22)13-29-19(23)14-4-7-21(8-5-14)30(24,25)15-2-3-16-17(12-15)28-11-10-27-16/h2-3,12,14H,4-11,13H2,1H3,(H,20,22). The van der Waals surface area contributed by atoms with Gasteiger partial charge < -0.3 is 24.3 Å². The van der Waals surface area contributed by atoms with Crippen molar-refractivity contribution in [3.63, 3.8) is 0 Å². The van der Waals surface area contributed by atoms with E-state index in [1.807, 2.05) is 0 Å². The number of fused-ring (bicyclic) bond motifs is 1. The Hall–Kier alpha value is -2.37. The van der Waals surface area contributed by atoms with Crippen LogP contribution >= 0.6 is 0 Å². The first-order chi connectivity index (χ1) is 14.4. The molecule has 1 saturated heterocycles. The lowest BCUT2D eigenvalue weighted by Gasteiger charge is -2.30. The van der Waals surface area contributed by atoms with Gasteiger partial charge in [0, 0.05) is 32.8 Å². The molecule has 0 radical (unpaired) electrons. The van der Waals surface area contributed by atoms with Gasteiger partial charge in [0.15, 0.2) is 18.1 Å². The number of amides is 1. The van der Waals surface area contributed by atoms with E-state index in [2.05, 4.69) is 5.32 Å². The average Bonchev–Trinajstić information content (AvgIpc) is 2.77. The van der Waals surface area contributed by atoms with Crippen molar-refractivity contribution >= 4 is 21.9 Å². The Morgan fingerprint density at radius 2 is 1.87 bits per heavy atom. The highest BCUT2D eigenvalue weighted by Gasteiger charge is 2.33. The summed E-state index contributed by atoms with van der Waals surface area (Å²) < 4.78 is 48.0. The number of hydrogen-bond acceptors (Lipinski definition) is 8. The Balaban J connectivity index is 1.51. The summed E-state index contributed by atoms with van der Waals surface area (Å²) in [5, 5.41) is 2.56. The smallest absolute Gasteiger partial charge is 0.309 e. The number of sulfonamides is 1. The lowest BCUT2D eigenvalue weighted by Crippen LogP contribution is -2.41. The normalized spacial score (nSPS) is 17.4. The zero-order valence-electron chi connectivity index (χ0n) is 16.8. The molecule has 2 aliphatic rings. The number of piperidine rings is 1. The van der Waals surface area contributed by atoms with E-state index >= 15 is 0 Å². The molecule has 0 spiro atoms. The fraction of sp³-hybridized carbons (Fsp3) is 0.579. The molecule has 3 rings (SSSR count). The molecule has 2 aliphatic heterocycles. The van der Waals surface area contributed by atoms with Crippen LogP contribution in [-0.2, 0) is 29.1 Å². The molecule has 0 aromatic heterocycles. The van der Waals surface area contributed by atoms with E-state index in [9.17, 15) is 18.0 Å². The van der Waals surface area contributed by atoms with Crippen molar-refractivity contribution < 1.29 is 37.0 Å². The number of nitrogens with zero attached hydrogens (tertiary/aromatic N) is 1. The van der Waals surface area contributed by atoms with Gasteiger partial charge >= 0.3 is 5.97 Å². The van der Waals surface area contributed by atoms with Crippen LogP contribution in [0.3, 0.4) is 0 Å². The Bertz CT molecular complexity index is 865. The topological polar surface area (TPSA) is 120 Å². The van der Waals surface area contributed by atoms with E-state index in [0.29, 0.717) is 50.7 Å². The van der Waals surface area contributed by atoms with Crippen LogP contribution in [0, 0.1) is 5.92 Å². The maximum absolute atomic E-state index is 12.9. The monoisotopic (exact) mass is 442 g/mol. The number of hydrogen-bond donors (Lipinski definition) is 1. The number of carbonyl (C=O) groups is 2. The third-order valence-electron chi connectivity index (χ3n) is 4.91. The van der Waals surface area contributed by atoms with E-state index in [4.69, 9.17) is 18.9 Å². The molecule has 2 heterocycles. The highest BCUT2D eigenvalue weighted by Crippen LogP contribution is 2.34. The molecule has 0 bridgehead atoms. The lowest BCUT2D eigenvalue weighted by atomic mass is 9.98. The summed E-state index contributed by atoms with van der Waals surface area (Å²) in [6, 6.07) is 4.54. The van der Waals surface area contributed by atoms with Crippen LogP contribution in [0.4, 0.5) is 0 Å². The summed E-state index contributed by atoms with van der Waals surface area (Å²) in [7, 11) is -2.19. The van der Waals surface area contributed by atoms with Gasteiger partial charge in [0.25, 0.3) is 5.91 Å². The summed E-state index contributed by atoms with van der Waals surface area (Å²) in [5.74, 6) is -0.409. The van der Waals surface area contributed by atoms with Crippen molar-refractivity contribution in [1.29, 1.82) is 0 Å². The van der Waals surface area contributed by atoms with Gasteiger partial charge in [0.05, 0.1) is 17.4 Å². The van der Waals surface area contributed by atoms with Gasteiger partial charge in [0.2, 0.25) is 10.0 Å². The molecule has 1 aromatic carbocycles. The minimum absolute atomic E-state index is 0.125. The highest BCUT2D eigenvalue weighted by molar-refractivity contribution is 7.89. The molecule has 11 heteroatoms. The fourth-order valence-corrected chi connectivity index (χ4v) is 4.75. The number of esters is 1. The third-order valence-corrected chi connectivity index (χ3v) is 6.81. The number of benzene rings is 1. The largest absolute Gasteiger partial charge is 0.486 e. The predicted octanol–water partition coefficient (Wildman–Crippen LogP) is 0.164. The van der Waals surface area contributed by atoms with Gasteiger partial charge in [-0.15, -0.1) is 0 Å². The van der Waals surface area contributed by atoms with Crippen LogP contribution in [0.2, 0.25) is 0 Å². The molecule has 0 saturated carbocycles. The Labute approximate surface area is 175 Å². The Morgan fingerprint density at radius 3 is 2.57 bits per heavy atom. The van der Waals surface area contributed by atoms with Gasteiger partial charge in [0.1, 0.15) is 13.2 Å². The molecule has 0 aliphatic carbocycles. The van der Waals surface area contributed by atoms with E-state index in [1.165, 1.54) is 23.5 Å². The van der Waals surface area contributed by atoms with Crippen LogP contribution in [0.25, 0.3) is 0 Å². The van der Waals surface area contributed by atoms with Gasteiger partial charge in [-0.3, -0.25) is 9.59 Å². The first kappa shape index (κ1) is 22.3. The predicted molar refractivity (Wildman–Crippen MR) is 105 cm³/mol. The van der Waals surface area contributed by atoms with E-state index < -0.39 is 27.8 Å². The molecule has 10 nitrogen and oxygen atoms in total. The summed E-state index contributed by atoms with van der Waals surface area (Å²) in [5.41, 5.74) is 0. The minimum Gasteiger partial charge on any atom is -0.486 e. The molecule has 1 aromatic rings. The SMILES string of the molecule is COCCNC(=O)COC(=O)C1CCN(S(=O)(=O)c2ccc3c(c2)OCCO3)CC1. The molecular formula is C19H26N2O8S. The highest BCUT2D eigenvalue weighted by atomic mass is 32.2. The molecule has 1 amide bonds. The number of nitrogens with one attached hydrogen (secondary N) is 1. The van der Waals surface area contributed by atoms with E-state index in [-0.39, 0.29) is 24.6 Å². The second-order valence-electron chi connectivity index (χ2n) is 6.93. The van der Waals surface area contributed by atoms with Gasteiger partial charge in [-0.05, 0) is 25.0 Å². The number of ether oxygens (including phenoxy) is 4. The zero-order valence-corrected chi connectivity index (χ0v) is 17.6. The van der Waals surface area contributed by atoms with Crippen LogP contribution in [0.5, 0.6) is 11.5 Å². The van der Waals surface area contributed by atoms with E-state index in [0.717, 1.165) is 0 Å². The van der Waals surface area contributed by atoms with Crippen LogP contribution < -0.4 is 14.8 Å². The number of carbonyl (C=O) groups excluding carboxylic acids is 2. The second-order valence-corrected chi connectivity index (χ2v) is 8.87. The molecule has 1 fully saturated rings. The van der Waals surface area contributed by atoms with Crippen LogP contribution in [0.1, 0.15) is 12.8 Å². The molecular weight excluding hydrogens is 416 g/mol. The van der Waals surface area contributed by atoms with Crippen molar-refractivity contribution in [3.05, 3.63) is 18.2 Å². The van der Waals surface area contributed by atoms with E-state index in [1.54, 1.807) is 6.07 Å². The summed E-state index contributed by atoms with van der Waals surface area (Å²) >= 11 is 0. The Kier molecular flexibility index (Phi) is 7.51. The maximum Gasteiger partial charge on any atom is 0.309 e. The van der Waals surface area contributed by atoms with Crippen molar-refractivity contribution in [2.24, 2.45) is 5.92 Å².